The third-order valence-electron chi connectivity index (χ3n) is 18.3. The van der Waals surface area contributed by atoms with E-state index in [1.54, 1.807) is 6.07 Å². The lowest BCUT2D eigenvalue weighted by atomic mass is 9.78. The fourth-order valence-electron chi connectivity index (χ4n) is 12.4. The van der Waals surface area contributed by atoms with E-state index < -0.39 is 39.4 Å². The Morgan fingerprint density at radius 3 is 1.39 bits per heavy atom. The van der Waals surface area contributed by atoms with Crippen LogP contribution in [0.4, 0.5) is 11.6 Å². The van der Waals surface area contributed by atoms with E-state index in [-0.39, 0.29) is 23.8 Å². The number of nitrogens with zero attached hydrogens (tertiary/aromatic N) is 10. The minimum absolute atomic E-state index is 0.0882. The zero-order chi connectivity index (χ0) is 72.2. The summed E-state index contributed by atoms with van der Waals surface area (Å²) in [6, 6.07) is 28.4. The summed E-state index contributed by atoms with van der Waals surface area (Å²) in [6.07, 6.45) is 16.3. The number of carbonyl (C=O) groups is 2. The van der Waals surface area contributed by atoms with E-state index in [1.165, 1.54) is 6.20 Å². The number of hydrogen-bond acceptors (Lipinski definition) is 18. The molecule has 0 radical (unpaired) electrons. The second-order valence-corrected chi connectivity index (χ2v) is 55.4. The van der Waals surface area contributed by atoms with Gasteiger partial charge < -0.3 is 48.3 Å². The maximum Gasteiger partial charge on any atom is 0.490 e. The topological polar surface area (TPSA) is 223 Å². The molecule has 2 saturated carbocycles. The van der Waals surface area contributed by atoms with Crippen LogP contribution in [-0.2, 0) is 38.0 Å². The number of para-hydroxylation sites is 2. The standard InChI is InChI=1S/C37H55N5O4Si2.C28H49IN4O4Si2.C9H8BNO2/c1-8-46-36(43)21-28-12-11-14-29(20-28)34-23-35(41(26-44-16-18-47(2,3)4)27-45-17-19-48(5,6)7)42-37(40-34)32(25-39-42)31-22-30-13-9-10-15-33(30)38-24-31;1-8-37-27(34)17-22-10-9-11-23(16-22)25-18-26(33-28(31-25)24(29)19-30-33)32(20-35-12-14-38(2,3)4)21-36-13-15-39(5,6)7;12-10(13)8-5-7-3-1-2-4-9(7)11-6-8/h9-10,13,15,22-25,28-29H,8,11-12,14,16-21,26-27H2,1-7H3;18-19,22-23H,8-17,20-21H2,1-7H3;1-6,12-13H. The minimum atomic E-state index is -1.45. The van der Waals surface area contributed by atoms with Crippen LogP contribution in [0.1, 0.15) is 101 Å². The normalized spacial score (nSPS) is 16.8. The van der Waals surface area contributed by atoms with Crippen molar-refractivity contribution in [3.63, 3.8) is 0 Å². The highest BCUT2D eigenvalue weighted by molar-refractivity contribution is 14.1. The van der Waals surface area contributed by atoms with Gasteiger partial charge in [-0.05, 0) is 135 Å². The molecular formula is C74H112BIN10O10Si4. The number of anilines is 2. The van der Waals surface area contributed by atoms with Crippen molar-refractivity contribution < 1.29 is 48.1 Å². The highest BCUT2D eigenvalue weighted by Crippen LogP contribution is 2.41. The zero-order valence-electron chi connectivity index (χ0n) is 62.1. The van der Waals surface area contributed by atoms with E-state index in [0.717, 1.165) is 160 Å². The van der Waals surface area contributed by atoms with Crippen molar-refractivity contribution in [1.29, 1.82) is 0 Å². The molecule has 0 amide bonds. The van der Waals surface area contributed by atoms with Crippen LogP contribution in [0, 0.1) is 15.4 Å². The average Bonchev–Trinajstić information content (AvgIpc) is 1.57. The van der Waals surface area contributed by atoms with Crippen molar-refractivity contribution in [2.75, 3.05) is 76.4 Å². The van der Waals surface area contributed by atoms with Crippen molar-refractivity contribution in [2.45, 2.75) is 193 Å². The maximum absolute atomic E-state index is 12.4. The number of rotatable bonds is 32. The van der Waals surface area contributed by atoms with Gasteiger partial charge >= 0.3 is 19.1 Å². The molecule has 2 aliphatic rings. The van der Waals surface area contributed by atoms with Gasteiger partial charge in [0.05, 0.1) is 40.2 Å². The van der Waals surface area contributed by atoms with E-state index >= 15 is 0 Å². The lowest BCUT2D eigenvalue weighted by Crippen LogP contribution is -2.33. The van der Waals surface area contributed by atoms with Crippen LogP contribution in [-0.4, -0.2) is 167 Å². The largest absolute Gasteiger partial charge is 0.490 e. The first-order chi connectivity index (χ1) is 47.5. The van der Waals surface area contributed by atoms with Gasteiger partial charge in [0.15, 0.2) is 11.3 Å². The summed E-state index contributed by atoms with van der Waals surface area (Å²) < 4.78 is 40.6. The van der Waals surface area contributed by atoms with Gasteiger partial charge in [-0.3, -0.25) is 19.6 Å². The molecule has 8 aromatic rings. The molecule has 6 heterocycles. The summed E-state index contributed by atoms with van der Waals surface area (Å²) in [5.41, 5.74) is 7.90. The van der Waals surface area contributed by atoms with E-state index in [4.69, 9.17) is 58.5 Å². The van der Waals surface area contributed by atoms with Gasteiger partial charge in [-0.2, -0.15) is 19.2 Å². The Morgan fingerprint density at radius 2 is 0.950 bits per heavy atom. The Balaban J connectivity index is 0.000000218. The van der Waals surface area contributed by atoms with Crippen LogP contribution in [0.25, 0.3) is 44.2 Å². The summed E-state index contributed by atoms with van der Waals surface area (Å²) in [7, 11) is -6.32. The number of ether oxygens (including phenoxy) is 6. The number of carbonyl (C=O) groups excluding carboxylic acids is 2. The fraction of sp³-hybridized carbons (Fsp3) is 0.568. The van der Waals surface area contributed by atoms with Crippen LogP contribution in [0.3, 0.4) is 0 Å². The number of aromatic nitrogens is 8. The van der Waals surface area contributed by atoms with Gasteiger partial charge in [-0.25, -0.2) is 9.97 Å². The summed E-state index contributed by atoms with van der Waals surface area (Å²) in [5.74, 6) is 2.80. The minimum Gasteiger partial charge on any atom is -0.466 e. The number of halogens is 1. The van der Waals surface area contributed by atoms with Crippen molar-refractivity contribution in [1.82, 2.24) is 39.2 Å². The van der Waals surface area contributed by atoms with Gasteiger partial charge in [-0.15, -0.1) is 0 Å². The average molecular weight is 1550 g/mol. The SMILES string of the molecule is CCOC(=O)CC1CCCC(c2cc(N(COCC[Si](C)(C)C)COCC[Si](C)(C)C)n3ncc(-c4cnc5ccccc5c4)c3n2)C1.CCOC(=O)CC1CCCC(c2cc(N(COCC[Si](C)(C)C)COCC[Si](C)(C)C)n3ncc(I)c3n2)C1.OB(O)c1cnc2ccccc2c1. The first-order valence-electron chi connectivity index (χ1n) is 36.1. The van der Waals surface area contributed by atoms with Gasteiger partial charge in [0.1, 0.15) is 38.6 Å². The van der Waals surface area contributed by atoms with Crippen molar-refractivity contribution in [3.05, 3.63) is 113 Å². The van der Waals surface area contributed by atoms with Gasteiger partial charge in [0, 0.05) is 141 Å². The number of benzene rings is 2. The summed E-state index contributed by atoms with van der Waals surface area (Å²) in [6.45, 7) is 37.7. The summed E-state index contributed by atoms with van der Waals surface area (Å²) >= 11 is 2.32. The quantitative estimate of drug-likeness (QED) is 0.0131. The molecule has 0 saturated heterocycles. The lowest BCUT2D eigenvalue weighted by Gasteiger charge is -2.30. The third kappa shape index (κ3) is 25.4. The van der Waals surface area contributed by atoms with Crippen LogP contribution >= 0.6 is 22.6 Å². The molecule has 100 heavy (non-hydrogen) atoms. The Labute approximate surface area is 611 Å². The van der Waals surface area contributed by atoms with Crippen molar-refractivity contribution in [3.8, 4) is 11.1 Å². The van der Waals surface area contributed by atoms with Gasteiger partial charge in [0.2, 0.25) is 0 Å². The van der Waals surface area contributed by atoms with E-state index in [1.807, 2.05) is 83.9 Å². The molecule has 2 aliphatic carbocycles. The second-order valence-electron chi connectivity index (χ2n) is 31.8. The lowest BCUT2D eigenvalue weighted by molar-refractivity contribution is -0.145. The molecule has 10 rings (SSSR count). The molecule has 4 unspecified atom stereocenters. The molecule has 0 bridgehead atoms. The predicted molar refractivity (Wildman–Crippen MR) is 424 cm³/mol. The van der Waals surface area contributed by atoms with E-state index in [2.05, 4.69) is 145 Å². The van der Waals surface area contributed by atoms with Crippen LogP contribution in [0.2, 0.25) is 103 Å². The number of hydrogen-bond donors (Lipinski definition) is 2. The van der Waals surface area contributed by atoms with Gasteiger partial charge in [-0.1, -0.05) is 134 Å². The molecule has 2 N–H and O–H groups in total. The highest BCUT2D eigenvalue weighted by atomic mass is 127. The van der Waals surface area contributed by atoms with Crippen molar-refractivity contribution in [2.24, 2.45) is 11.8 Å². The number of pyridine rings is 2. The first-order valence-corrected chi connectivity index (χ1v) is 52.0. The summed E-state index contributed by atoms with van der Waals surface area (Å²) in [5, 5.41) is 29.4. The molecule has 2 fully saturated rings. The van der Waals surface area contributed by atoms with Crippen LogP contribution in [0.5, 0.6) is 0 Å². The van der Waals surface area contributed by atoms with Gasteiger partial charge in [0.25, 0.3) is 0 Å². The highest BCUT2D eigenvalue weighted by Gasteiger charge is 2.31. The Bertz CT molecular complexity index is 3850. The van der Waals surface area contributed by atoms with Crippen LogP contribution < -0.4 is 15.3 Å². The molecule has 20 nitrogen and oxygen atoms in total. The molecule has 2 aromatic carbocycles. The Kier molecular flexibility index (Phi) is 30.3. The maximum atomic E-state index is 12.4. The predicted octanol–water partition coefficient (Wildman–Crippen LogP) is 15.5. The van der Waals surface area contributed by atoms with E-state index in [0.29, 0.717) is 83.5 Å². The Hall–Kier alpha value is -5.54. The zero-order valence-corrected chi connectivity index (χ0v) is 68.3. The Morgan fingerprint density at radius 1 is 0.540 bits per heavy atom. The smallest absolute Gasteiger partial charge is 0.466 e. The molecule has 0 aliphatic heterocycles. The third-order valence-corrected chi connectivity index (χ3v) is 25.8. The molecule has 544 valence electrons. The summed E-state index contributed by atoms with van der Waals surface area (Å²) in [4.78, 5) is 48.2. The number of esters is 2. The first kappa shape index (κ1) is 80.2. The van der Waals surface area contributed by atoms with E-state index in [9.17, 15) is 9.59 Å². The van der Waals surface area contributed by atoms with Crippen molar-refractivity contribution >= 4 is 124 Å². The second kappa shape index (κ2) is 37.8. The molecule has 6 aromatic heterocycles. The van der Waals surface area contributed by atoms with Crippen LogP contribution in [0.15, 0.2) is 97.6 Å². The molecule has 26 heteroatoms. The fourth-order valence-corrected chi connectivity index (χ4v) is 15.9. The molecular weight excluding hydrogens is 1440 g/mol. The number of fused-ring (bicyclic) bond motifs is 4. The molecule has 0 spiro atoms. The molecule has 4 atom stereocenters. The monoisotopic (exact) mass is 1550 g/mol.